The van der Waals surface area contributed by atoms with Crippen molar-refractivity contribution in [3.05, 3.63) is 51.9 Å². The smallest absolute Gasteiger partial charge is 0.341 e. The van der Waals surface area contributed by atoms with Crippen LogP contribution in [0.25, 0.3) is 0 Å². The highest BCUT2D eigenvalue weighted by molar-refractivity contribution is 7.16. The molecule has 1 amide bonds. The number of nitrogens with one attached hydrogen (secondary N) is 2. The van der Waals surface area contributed by atoms with Crippen LogP contribution in [0.2, 0.25) is 0 Å². The number of aryl methyl sites for hydroxylation is 1. The van der Waals surface area contributed by atoms with Crippen LogP contribution in [-0.4, -0.2) is 28.4 Å². The molecular weight excluding hydrogens is 455 g/mol. The van der Waals surface area contributed by atoms with E-state index in [9.17, 15) is 9.59 Å². The minimum atomic E-state index is -1.85. The average molecular weight is 476 g/mol. The minimum absolute atomic E-state index is 0.265. The molecule has 2 aromatic rings. The summed E-state index contributed by atoms with van der Waals surface area (Å²) in [5.41, 5.74) is 1.89. The van der Waals surface area contributed by atoms with Gasteiger partial charge in [-0.15, -0.1) is 11.3 Å². The summed E-state index contributed by atoms with van der Waals surface area (Å²) in [6, 6.07) is 8.64. The fraction of sp³-hybridized carbons (Fsp3) is 0.400. The number of alkyl halides is 3. The Morgan fingerprint density at radius 3 is 2.52 bits per heavy atom. The number of benzene rings is 1. The second kappa shape index (κ2) is 9.56. The SMILES string of the molecule is CCOC(=O)c1c(NC(NC(=O)c2ccccc2)C(Cl)(Cl)Cl)sc2c1CCCC2. The molecule has 0 fully saturated rings. The minimum Gasteiger partial charge on any atom is -0.462 e. The maximum atomic E-state index is 12.6. The Hall–Kier alpha value is -1.47. The highest BCUT2D eigenvalue weighted by Crippen LogP contribution is 2.40. The molecule has 0 saturated heterocycles. The summed E-state index contributed by atoms with van der Waals surface area (Å²) in [6.45, 7) is 2.02. The first kappa shape index (κ1) is 22.2. The Morgan fingerprint density at radius 2 is 1.86 bits per heavy atom. The molecule has 1 aromatic carbocycles. The van der Waals surface area contributed by atoms with E-state index < -0.39 is 21.8 Å². The second-order valence-corrected chi connectivity index (χ2v) is 10.1. The highest BCUT2D eigenvalue weighted by Gasteiger charge is 2.37. The number of rotatable bonds is 6. The molecule has 0 bridgehead atoms. The van der Waals surface area contributed by atoms with E-state index in [-0.39, 0.29) is 6.61 Å². The van der Waals surface area contributed by atoms with E-state index in [1.165, 1.54) is 11.3 Å². The van der Waals surface area contributed by atoms with Gasteiger partial charge in [-0.25, -0.2) is 4.79 Å². The lowest BCUT2D eigenvalue weighted by Crippen LogP contribution is -2.49. The number of carbonyl (C=O) groups excluding carboxylic acids is 2. The van der Waals surface area contributed by atoms with Crippen LogP contribution < -0.4 is 10.6 Å². The van der Waals surface area contributed by atoms with Gasteiger partial charge >= 0.3 is 5.97 Å². The van der Waals surface area contributed by atoms with Crippen LogP contribution in [0, 0.1) is 0 Å². The van der Waals surface area contributed by atoms with Crippen molar-refractivity contribution in [2.45, 2.75) is 42.6 Å². The van der Waals surface area contributed by atoms with Crippen LogP contribution in [0.5, 0.6) is 0 Å². The summed E-state index contributed by atoms with van der Waals surface area (Å²) in [6.07, 6.45) is 2.72. The monoisotopic (exact) mass is 474 g/mol. The van der Waals surface area contributed by atoms with E-state index in [4.69, 9.17) is 39.5 Å². The van der Waals surface area contributed by atoms with E-state index >= 15 is 0 Å². The average Bonchev–Trinajstić information content (AvgIpc) is 3.05. The van der Waals surface area contributed by atoms with Gasteiger partial charge < -0.3 is 15.4 Å². The van der Waals surface area contributed by atoms with E-state index in [0.29, 0.717) is 16.1 Å². The zero-order valence-electron chi connectivity index (χ0n) is 15.8. The molecule has 2 N–H and O–H groups in total. The largest absolute Gasteiger partial charge is 0.462 e. The lowest BCUT2D eigenvalue weighted by atomic mass is 9.95. The summed E-state index contributed by atoms with van der Waals surface area (Å²) in [4.78, 5) is 26.3. The maximum Gasteiger partial charge on any atom is 0.341 e. The first-order valence-corrected chi connectivity index (χ1v) is 11.3. The van der Waals surface area contributed by atoms with Crippen molar-refractivity contribution in [3.63, 3.8) is 0 Å². The number of amides is 1. The van der Waals surface area contributed by atoms with E-state index in [1.54, 1.807) is 31.2 Å². The molecule has 0 aliphatic heterocycles. The highest BCUT2D eigenvalue weighted by atomic mass is 35.6. The van der Waals surface area contributed by atoms with Crippen molar-refractivity contribution in [1.29, 1.82) is 0 Å². The van der Waals surface area contributed by atoms with Crippen molar-refractivity contribution in [3.8, 4) is 0 Å². The summed E-state index contributed by atoms with van der Waals surface area (Å²) < 4.78 is 3.41. The van der Waals surface area contributed by atoms with Crippen molar-refractivity contribution >= 4 is 63.0 Å². The van der Waals surface area contributed by atoms with Crippen molar-refractivity contribution in [1.82, 2.24) is 5.32 Å². The normalized spacial score (nSPS) is 14.6. The number of anilines is 1. The quantitative estimate of drug-likeness (QED) is 0.336. The van der Waals surface area contributed by atoms with Crippen molar-refractivity contribution < 1.29 is 14.3 Å². The molecule has 29 heavy (non-hydrogen) atoms. The van der Waals surface area contributed by atoms with Crippen LogP contribution >= 0.6 is 46.1 Å². The predicted octanol–water partition coefficient (Wildman–Crippen LogP) is 5.34. The zero-order chi connectivity index (χ0) is 21.0. The molecule has 0 radical (unpaired) electrons. The van der Waals surface area contributed by atoms with Gasteiger partial charge in [0.05, 0.1) is 12.2 Å². The fourth-order valence-corrected chi connectivity index (χ4v) is 4.85. The third kappa shape index (κ3) is 5.37. The van der Waals surface area contributed by atoms with Gasteiger partial charge in [-0.1, -0.05) is 53.0 Å². The summed E-state index contributed by atoms with van der Waals surface area (Å²) in [5, 5.41) is 6.33. The molecule has 3 rings (SSSR count). The molecule has 9 heteroatoms. The molecule has 5 nitrogen and oxygen atoms in total. The maximum absolute atomic E-state index is 12.6. The molecule has 0 saturated carbocycles. The summed E-state index contributed by atoms with van der Waals surface area (Å²) in [7, 11) is 0. The Bertz CT molecular complexity index is 881. The predicted molar refractivity (Wildman–Crippen MR) is 119 cm³/mol. The Kier molecular flexibility index (Phi) is 7.32. The van der Waals surface area contributed by atoms with Crippen LogP contribution in [0.4, 0.5) is 5.00 Å². The Morgan fingerprint density at radius 1 is 1.17 bits per heavy atom. The summed E-state index contributed by atoms with van der Waals surface area (Å²) >= 11 is 19.9. The van der Waals surface area contributed by atoms with Crippen LogP contribution in [0.1, 0.15) is 50.9 Å². The van der Waals surface area contributed by atoms with Crippen LogP contribution in [-0.2, 0) is 17.6 Å². The molecule has 0 spiro atoms. The number of ether oxygens (including phenoxy) is 1. The molecule has 1 heterocycles. The Labute approximate surface area is 188 Å². The van der Waals surface area contributed by atoms with E-state index in [0.717, 1.165) is 36.1 Å². The fourth-order valence-electron chi connectivity index (χ4n) is 3.22. The van der Waals surface area contributed by atoms with Crippen molar-refractivity contribution in [2.24, 2.45) is 0 Å². The molecule has 156 valence electrons. The van der Waals surface area contributed by atoms with E-state index in [1.807, 2.05) is 6.07 Å². The Balaban J connectivity index is 1.90. The number of fused-ring (bicyclic) bond motifs is 1. The molecule has 1 atom stereocenters. The van der Waals surface area contributed by atoms with Gasteiger partial charge in [0.15, 0.2) is 0 Å². The van der Waals surface area contributed by atoms with E-state index in [2.05, 4.69) is 10.6 Å². The topological polar surface area (TPSA) is 67.4 Å². The molecule has 1 aliphatic carbocycles. The second-order valence-electron chi connectivity index (χ2n) is 6.59. The first-order valence-electron chi connectivity index (χ1n) is 9.32. The van der Waals surface area contributed by atoms with Gasteiger partial charge in [-0.05, 0) is 50.3 Å². The van der Waals surface area contributed by atoms with Gasteiger partial charge in [0.1, 0.15) is 11.2 Å². The van der Waals surface area contributed by atoms with Crippen LogP contribution in [0.15, 0.2) is 30.3 Å². The third-order valence-electron chi connectivity index (χ3n) is 4.57. The van der Waals surface area contributed by atoms with Gasteiger partial charge in [0.25, 0.3) is 5.91 Å². The van der Waals surface area contributed by atoms with Crippen LogP contribution in [0.3, 0.4) is 0 Å². The summed E-state index contributed by atoms with van der Waals surface area (Å²) in [5.74, 6) is -0.805. The lowest BCUT2D eigenvalue weighted by molar-refractivity contribution is 0.0526. The number of thiophene rings is 1. The zero-order valence-corrected chi connectivity index (χ0v) is 18.9. The molecule has 1 aromatic heterocycles. The van der Waals surface area contributed by atoms with Gasteiger partial charge in [-0.3, -0.25) is 4.79 Å². The number of halogens is 3. The first-order chi connectivity index (χ1) is 13.8. The van der Waals surface area contributed by atoms with Gasteiger partial charge in [0, 0.05) is 10.4 Å². The number of carbonyl (C=O) groups is 2. The van der Waals surface area contributed by atoms with Gasteiger partial charge in [0.2, 0.25) is 3.79 Å². The molecular formula is C20H21Cl3N2O3S. The standard InChI is InChI=1S/C20H21Cl3N2O3S/c1-2-28-18(27)15-13-10-6-7-11-14(13)29-17(15)25-19(20(21,22)23)24-16(26)12-8-4-3-5-9-12/h3-5,8-9,19,25H,2,6-7,10-11H2,1H3,(H,24,26). The molecule has 1 aliphatic rings. The number of hydrogen-bond acceptors (Lipinski definition) is 5. The van der Waals surface area contributed by atoms with Crippen molar-refractivity contribution in [2.75, 3.05) is 11.9 Å². The lowest BCUT2D eigenvalue weighted by Gasteiger charge is -2.27. The van der Waals surface area contributed by atoms with Gasteiger partial charge in [-0.2, -0.15) is 0 Å². The third-order valence-corrected chi connectivity index (χ3v) is 6.44. The molecule has 1 unspecified atom stereocenters. The number of hydrogen-bond donors (Lipinski definition) is 2. The number of esters is 1.